The molecule has 0 aliphatic rings. The van der Waals surface area contributed by atoms with Gasteiger partial charge < -0.3 is 5.32 Å². The van der Waals surface area contributed by atoms with Crippen molar-refractivity contribution in [2.75, 3.05) is 30.3 Å². The lowest BCUT2D eigenvalue weighted by atomic mass is 10.2. The van der Waals surface area contributed by atoms with Gasteiger partial charge in [0.05, 0.1) is 5.69 Å². The highest BCUT2D eigenvalue weighted by molar-refractivity contribution is 7.90. The lowest BCUT2D eigenvalue weighted by molar-refractivity contribution is -0.114. The summed E-state index contributed by atoms with van der Waals surface area (Å²) in [5.41, 5.74) is 1.05. The fourth-order valence-corrected chi connectivity index (χ4v) is 3.40. The standard InChI is InChI=1S/C17H19ClFN3O3S/c1-12-8-9-13(10-14(12)18)20-17(23)11-22(26(24,25)21(2)3)16-7-5-4-6-15(16)19/h4-10H,11H2,1-3H3,(H,20,23). The average molecular weight is 400 g/mol. The van der Waals surface area contributed by atoms with Gasteiger partial charge in [-0.05, 0) is 36.8 Å². The predicted molar refractivity (Wildman–Crippen MR) is 101 cm³/mol. The molecule has 0 saturated carbocycles. The molecular weight excluding hydrogens is 381 g/mol. The van der Waals surface area contributed by atoms with Crippen LogP contribution in [-0.2, 0) is 15.0 Å². The fourth-order valence-electron chi connectivity index (χ4n) is 2.14. The largest absolute Gasteiger partial charge is 0.324 e. The quantitative estimate of drug-likeness (QED) is 0.811. The number of halogens is 2. The molecule has 1 amide bonds. The molecule has 9 heteroatoms. The molecule has 2 aromatic rings. The van der Waals surface area contributed by atoms with E-state index in [0.29, 0.717) is 15.0 Å². The number of carbonyl (C=O) groups excluding carboxylic acids is 1. The Bertz CT molecular complexity index is 919. The first-order valence-corrected chi connectivity index (χ1v) is 9.41. The number of hydrogen-bond donors (Lipinski definition) is 1. The van der Waals surface area contributed by atoms with Crippen molar-refractivity contribution in [3.8, 4) is 0 Å². The van der Waals surface area contributed by atoms with Crippen LogP contribution in [0.3, 0.4) is 0 Å². The third-order valence-corrected chi connectivity index (χ3v) is 5.82. The van der Waals surface area contributed by atoms with Crippen molar-refractivity contribution in [1.29, 1.82) is 0 Å². The Balaban J connectivity index is 2.31. The average Bonchev–Trinajstić information content (AvgIpc) is 2.56. The Morgan fingerprint density at radius 1 is 1.19 bits per heavy atom. The monoisotopic (exact) mass is 399 g/mol. The highest BCUT2D eigenvalue weighted by atomic mass is 35.5. The summed E-state index contributed by atoms with van der Waals surface area (Å²) < 4.78 is 40.9. The lowest BCUT2D eigenvalue weighted by Gasteiger charge is -2.27. The summed E-state index contributed by atoms with van der Waals surface area (Å²) in [6.45, 7) is 1.23. The number of hydrogen-bond acceptors (Lipinski definition) is 3. The van der Waals surface area contributed by atoms with E-state index in [-0.39, 0.29) is 5.69 Å². The van der Waals surface area contributed by atoms with Gasteiger partial charge in [0.15, 0.2) is 0 Å². The molecule has 0 bridgehead atoms. The number of amides is 1. The topological polar surface area (TPSA) is 69.7 Å². The number of para-hydroxylation sites is 1. The zero-order chi connectivity index (χ0) is 19.5. The molecule has 0 fully saturated rings. The summed E-state index contributed by atoms with van der Waals surface area (Å²) in [5.74, 6) is -1.37. The predicted octanol–water partition coefficient (Wildman–Crippen LogP) is 3.04. The molecule has 1 N–H and O–H groups in total. The molecule has 26 heavy (non-hydrogen) atoms. The highest BCUT2D eigenvalue weighted by Gasteiger charge is 2.29. The van der Waals surface area contributed by atoms with E-state index in [1.807, 2.05) is 6.92 Å². The lowest BCUT2D eigenvalue weighted by Crippen LogP contribution is -2.44. The second kappa shape index (κ2) is 8.03. The molecule has 0 saturated heterocycles. The van der Waals surface area contributed by atoms with Crippen LogP contribution in [0, 0.1) is 12.7 Å². The van der Waals surface area contributed by atoms with Gasteiger partial charge in [0.25, 0.3) is 0 Å². The van der Waals surface area contributed by atoms with Gasteiger partial charge in [0, 0.05) is 24.8 Å². The van der Waals surface area contributed by atoms with E-state index in [4.69, 9.17) is 11.6 Å². The van der Waals surface area contributed by atoms with E-state index in [1.165, 1.54) is 32.3 Å². The number of benzene rings is 2. The number of anilines is 2. The van der Waals surface area contributed by atoms with Crippen molar-refractivity contribution in [2.24, 2.45) is 0 Å². The first-order chi connectivity index (χ1) is 12.1. The van der Waals surface area contributed by atoms with Crippen LogP contribution in [0.15, 0.2) is 42.5 Å². The fraction of sp³-hybridized carbons (Fsp3) is 0.235. The van der Waals surface area contributed by atoms with Crippen molar-refractivity contribution in [1.82, 2.24) is 4.31 Å². The van der Waals surface area contributed by atoms with E-state index >= 15 is 0 Å². The van der Waals surface area contributed by atoms with Gasteiger partial charge in [-0.3, -0.25) is 4.79 Å². The van der Waals surface area contributed by atoms with E-state index in [0.717, 1.165) is 15.9 Å². The Hall–Kier alpha value is -2.16. The van der Waals surface area contributed by atoms with E-state index < -0.39 is 28.5 Å². The van der Waals surface area contributed by atoms with Gasteiger partial charge in [0.1, 0.15) is 12.4 Å². The first kappa shape index (κ1) is 20.2. The van der Waals surface area contributed by atoms with Gasteiger partial charge in [-0.15, -0.1) is 0 Å². The van der Waals surface area contributed by atoms with Gasteiger partial charge in [0.2, 0.25) is 5.91 Å². The summed E-state index contributed by atoms with van der Waals surface area (Å²) >= 11 is 6.02. The molecule has 0 aromatic heterocycles. The highest BCUT2D eigenvalue weighted by Crippen LogP contribution is 2.24. The minimum absolute atomic E-state index is 0.210. The smallest absolute Gasteiger partial charge is 0.304 e. The van der Waals surface area contributed by atoms with Crippen LogP contribution in [0.1, 0.15) is 5.56 Å². The van der Waals surface area contributed by atoms with Crippen LogP contribution in [0.5, 0.6) is 0 Å². The van der Waals surface area contributed by atoms with Crippen LogP contribution >= 0.6 is 11.6 Å². The van der Waals surface area contributed by atoms with Crippen LogP contribution < -0.4 is 9.62 Å². The molecule has 2 aromatic carbocycles. The van der Waals surface area contributed by atoms with E-state index in [9.17, 15) is 17.6 Å². The van der Waals surface area contributed by atoms with Crippen LogP contribution in [-0.4, -0.2) is 39.3 Å². The molecule has 6 nitrogen and oxygen atoms in total. The molecule has 2 rings (SSSR count). The number of nitrogens with one attached hydrogen (secondary N) is 1. The minimum Gasteiger partial charge on any atom is -0.324 e. The first-order valence-electron chi connectivity index (χ1n) is 7.63. The normalized spacial score (nSPS) is 11.5. The Morgan fingerprint density at radius 2 is 1.85 bits per heavy atom. The van der Waals surface area contributed by atoms with Gasteiger partial charge >= 0.3 is 10.2 Å². The molecule has 0 atom stereocenters. The zero-order valence-corrected chi connectivity index (χ0v) is 16.1. The summed E-state index contributed by atoms with van der Waals surface area (Å²) in [6, 6.07) is 10.3. The third-order valence-electron chi connectivity index (χ3n) is 3.60. The maximum Gasteiger partial charge on any atom is 0.304 e. The van der Waals surface area contributed by atoms with Gasteiger partial charge in [-0.2, -0.15) is 12.7 Å². The molecule has 0 spiro atoms. The molecule has 0 aliphatic heterocycles. The Labute approximate surface area is 157 Å². The van der Waals surface area contributed by atoms with E-state index in [1.54, 1.807) is 18.2 Å². The molecular formula is C17H19ClFN3O3S. The van der Waals surface area contributed by atoms with E-state index in [2.05, 4.69) is 5.32 Å². The second-order valence-electron chi connectivity index (χ2n) is 5.76. The molecule has 140 valence electrons. The van der Waals surface area contributed by atoms with Crippen molar-refractivity contribution in [3.63, 3.8) is 0 Å². The number of aryl methyl sites for hydroxylation is 1. The van der Waals surface area contributed by atoms with Crippen molar-refractivity contribution >= 4 is 39.1 Å². The summed E-state index contributed by atoms with van der Waals surface area (Å²) in [5, 5.41) is 3.04. The van der Waals surface area contributed by atoms with Crippen molar-refractivity contribution in [3.05, 3.63) is 58.9 Å². The van der Waals surface area contributed by atoms with Crippen LogP contribution in [0.25, 0.3) is 0 Å². The summed E-state index contributed by atoms with van der Waals surface area (Å²) in [4.78, 5) is 12.4. The zero-order valence-electron chi connectivity index (χ0n) is 14.5. The molecule has 0 radical (unpaired) electrons. The number of carbonyl (C=O) groups is 1. The number of rotatable bonds is 6. The van der Waals surface area contributed by atoms with Crippen molar-refractivity contribution in [2.45, 2.75) is 6.92 Å². The number of nitrogens with zero attached hydrogens (tertiary/aromatic N) is 2. The van der Waals surface area contributed by atoms with Crippen LogP contribution in [0.4, 0.5) is 15.8 Å². The summed E-state index contributed by atoms with van der Waals surface area (Å²) in [6.07, 6.45) is 0. The molecule has 0 heterocycles. The van der Waals surface area contributed by atoms with Gasteiger partial charge in [-0.1, -0.05) is 29.8 Å². The SMILES string of the molecule is Cc1ccc(NC(=O)CN(c2ccccc2F)S(=O)(=O)N(C)C)cc1Cl. The Morgan fingerprint density at radius 3 is 2.42 bits per heavy atom. The third kappa shape index (κ3) is 4.51. The Kier molecular flexibility index (Phi) is 6.22. The maximum atomic E-state index is 14.1. The van der Waals surface area contributed by atoms with Crippen molar-refractivity contribution < 1.29 is 17.6 Å². The maximum absolute atomic E-state index is 14.1. The second-order valence-corrected chi connectivity index (χ2v) is 8.23. The molecule has 0 aliphatic carbocycles. The van der Waals surface area contributed by atoms with Gasteiger partial charge in [-0.25, -0.2) is 8.70 Å². The molecule has 0 unspecified atom stereocenters. The minimum atomic E-state index is -4.08. The van der Waals surface area contributed by atoms with Crippen LogP contribution in [0.2, 0.25) is 5.02 Å². The summed E-state index contributed by atoms with van der Waals surface area (Å²) in [7, 11) is -1.46.